The molecule has 0 aliphatic carbocycles. The standard InChI is InChI=1S/C21H22ClFN2O3/c22-18-10-20-19(27-13-28-20)9-15(18)11-24-8-7-17-5-6-21(26)25(17)12-14-1-3-16(23)4-2-14/h1-4,9-10,17,24H,5-8,11-13H2/t17-/m0/s1. The summed E-state index contributed by atoms with van der Waals surface area (Å²) in [5.41, 5.74) is 1.90. The first-order valence-corrected chi connectivity index (χ1v) is 9.80. The van der Waals surface area contributed by atoms with Crippen LogP contribution in [-0.2, 0) is 17.9 Å². The molecule has 5 nitrogen and oxygen atoms in total. The molecule has 1 atom stereocenters. The quantitative estimate of drug-likeness (QED) is 0.711. The molecular weight excluding hydrogens is 383 g/mol. The van der Waals surface area contributed by atoms with Gasteiger partial charge in [-0.3, -0.25) is 4.79 Å². The van der Waals surface area contributed by atoms with Crippen LogP contribution >= 0.6 is 11.6 Å². The molecule has 4 rings (SSSR count). The number of hydrogen-bond donors (Lipinski definition) is 1. The lowest BCUT2D eigenvalue weighted by Gasteiger charge is -2.25. The maximum absolute atomic E-state index is 13.1. The van der Waals surface area contributed by atoms with Crippen LogP contribution in [0.1, 0.15) is 30.4 Å². The molecule has 0 aromatic heterocycles. The molecule has 1 saturated heterocycles. The van der Waals surface area contributed by atoms with Crippen LogP contribution in [-0.4, -0.2) is 30.2 Å². The minimum Gasteiger partial charge on any atom is -0.454 e. The highest BCUT2D eigenvalue weighted by molar-refractivity contribution is 6.31. The summed E-state index contributed by atoms with van der Waals surface area (Å²) in [7, 11) is 0. The highest BCUT2D eigenvalue weighted by Crippen LogP contribution is 2.36. The number of amides is 1. The summed E-state index contributed by atoms with van der Waals surface area (Å²) in [5, 5.41) is 4.04. The molecule has 2 aromatic rings. The first-order chi connectivity index (χ1) is 13.6. The van der Waals surface area contributed by atoms with E-state index in [-0.39, 0.29) is 24.6 Å². The van der Waals surface area contributed by atoms with Crippen LogP contribution in [0.25, 0.3) is 0 Å². The van der Waals surface area contributed by atoms with Crippen molar-refractivity contribution >= 4 is 17.5 Å². The van der Waals surface area contributed by atoms with Gasteiger partial charge in [0.2, 0.25) is 12.7 Å². The van der Waals surface area contributed by atoms with E-state index in [0.29, 0.717) is 36.0 Å². The zero-order valence-corrected chi connectivity index (χ0v) is 16.2. The highest BCUT2D eigenvalue weighted by Gasteiger charge is 2.30. The second-order valence-electron chi connectivity index (χ2n) is 7.10. The van der Waals surface area contributed by atoms with E-state index in [4.69, 9.17) is 21.1 Å². The van der Waals surface area contributed by atoms with E-state index in [0.717, 1.165) is 30.5 Å². The van der Waals surface area contributed by atoms with Gasteiger partial charge in [-0.1, -0.05) is 23.7 Å². The molecule has 1 N–H and O–H groups in total. The minimum absolute atomic E-state index is 0.160. The Morgan fingerprint density at radius 3 is 2.71 bits per heavy atom. The second kappa shape index (κ2) is 8.37. The Morgan fingerprint density at radius 1 is 1.18 bits per heavy atom. The number of rotatable bonds is 7. The number of halogens is 2. The zero-order chi connectivity index (χ0) is 19.5. The monoisotopic (exact) mass is 404 g/mol. The molecule has 28 heavy (non-hydrogen) atoms. The van der Waals surface area contributed by atoms with Gasteiger partial charge >= 0.3 is 0 Å². The Kier molecular flexibility index (Phi) is 5.69. The summed E-state index contributed by atoms with van der Waals surface area (Å²) < 4.78 is 23.8. The third-order valence-electron chi connectivity index (χ3n) is 5.23. The number of nitrogens with one attached hydrogen (secondary N) is 1. The fourth-order valence-electron chi connectivity index (χ4n) is 3.68. The molecule has 0 unspecified atom stereocenters. The third kappa shape index (κ3) is 4.23. The first kappa shape index (κ1) is 19.0. The molecule has 1 fully saturated rings. The molecule has 2 aliphatic heterocycles. The molecule has 2 aliphatic rings. The Morgan fingerprint density at radius 2 is 1.93 bits per heavy atom. The van der Waals surface area contributed by atoms with Crippen molar-refractivity contribution in [2.24, 2.45) is 0 Å². The Labute approximate surface area is 168 Å². The smallest absolute Gasteiger partial charge is 0.231 e. The lowest BCUT2D eigenvalue weighted by Crippen LogP contribution is -2.34. The van der Waals surface area contributed by atoms with Crippen LogP contribution < -0.4 is 14.8 Å². The van der Waals surface area contributed by atoms with Crippen LogP contribution in [0.15, 0.2) is 36.4 Å². The third-order valence-corrected chi connectivity index (χ3v) is 5.58. The van der Waals surface area contributed by atoms with Crippen molar-refractivity contribution in [1.29, 1.82) is 0 Å². The van der Waals surface area contributed by atoms with Crippen molar-refractivity contribution in [2.45, 2.75) is 38.4 Å². The van der Waals surface area contributed by atoms with E-state index < -0.39 is 0 Å². The molecule has 0 spiro atoms. The molecule has 2 aromatic carbocycles. The zero-order valence-electron chi connectivity index (χ0n) is 15.4. The summed E-state index contributed by atoms with van der Waals surface area (Å²) in [5.74, 6) is 1.29. The van der Waals surface area contributed by atoms with Gasteiger partial charge < -0.3 is 19.7 Å². The normalized spacial score (nSPS) is 18.1. The van der Waals surface area contributed by atoms with Crippen LogP contribution in [0.4, 0.5) is 4.39 Å². The number of ether oxygens (including phenoxy) is 2. The minimum atomic E-state index is -0.264. The average Bonchev–Trinajstić information content (AvgIpc) is 3.27. The van der Waals surface area contributed by atoms with Crippen molar-refractivity contribution in [2.75, 3.05) is 13.3 Å². The fraction of sp³-hybridized carbons (Fsp3) is 0.381. The maximum atomic E-state index is 13.1. The van der Waals surface area contributed by atoms with Gasteiger partial charge in [-0.05, 0) is 48.7 Å². The summed E-state index contributed by atoms with van der Waals surface area (Å²) in [6.45, 7) is 2.14. The molecule has 0 radical (unpaired) electrons. The number of fused-ring (bicyclic) bond motifs is 1. The average molecular weight is 405 g/mol. The molecule has 1 amide bonds. The predicted octanol–water partition coefficient (Wildman–Crippen LogP) is 3.88. The fourth-order valence-corrected chi connectivity index (χ4v) is 3.90. The van der Waals surface area contributed by atoms with Gasteiger partial charge in [-0.2, -0.15) is 0 Å². The van der Waals surface area contributed by atoms with Gasteiger partial charge in [0.25, 0.3) is 0 Å². The lowest BCUT2D eigenvalue weighted by molar-refractivity contribution is -0.129. The number of carbonyl (C=O) groups is 1. The number of likely N-dealkylation sites (tertiary alicyclic amines) is 1. The van der Waals surface area contributed by atoms with E-state index in [1.54, 1.807) is 18.2 Å². The van der Waals surface area contributed by atoms with Crippen molar-refractivity contribution in [3.05, 3.63) is 58.4 Å². The largest absolute Gasteiger partial charge is 0.454 e. The number of nitrogens with zero attached hydrogens (tertiary/aromatic N) is 1. The topological polar surface area (TPSA) is 50.8 Å². The molecule has 2 heterocycles. The van der Waals surface area contributed by atoms with Crippen LogP contribution in [0.2, 0.25) is 5.02 Å². The summed E-state index contributed by atoms with van der Waals surface area (Å²) in [6.07, 6.45) is 2.28. The van der Waals surface area contributed by atoms with Gasteiger partial charge in [-0.15, -0.1) is 0 Å². The lowest BCUT2D eigenvalue weighted by atomic mass is 10.1. The van der Waals surface area contributed by atoms with Gasteiger partial charge in [0.1, 0.15) is 5.82 Å². The Hall–Kier alpha value is -2.31. The second-order valence-corrected chi connectivity index (χ2v) is 7.51. The van der Waals surface area contributed by atoms with Gasteiger partial charge in [-0.25, -0.2) is 4.39 Å². The SMILES string of the molecule is O=C1CC[C@@H](CCNCc2cc3c(cc2Cl)OCO3)N1Cc1ccc(F)cc1. The van der Waals surface area contributed by atoms with E-state index in [9.17, 15) is 9.18 Å². The molecule has 0 bridgehead atoms. The predicted molar refractivity (Wildman–Crippen MR) is 104 cm³/mol. The van der Waals surface area contributed by atoms with Crippen molar-refractivity contribution < 1.29 is 18.7 Å². The van der Waals surface area contributed by atoms with E-state index >= 15 is 0 Å². The summed E-state index contributed by atoms with van der Waals surface area (Å²) in [4.78, 5) is 14.2. The highest BCUT2D eigenvalue weighted by atomic mass is 35.5. The number of carbonyl (C=O) groups excluding carboxylic acids is 1. The van der Waals surface area contributed by atoms with Gasteiger partial charge in [0, 0.05) is 36.6 Å². The molecule has 7 heteroatoms. The van der Waals surface area contributed by atoms with Crippen molar-refractivity contribution in [1.82, 2.24) is 10.2 Å². The van der Waals surface area contributed by atoms with Gasteiger partial charge in [0.05, 0.1) is 0 Å². The van der Waals surface area contributed by atoms with Crippen LogP contribution in [0, 0.1) is 5.82 Å². The van der Waals surface area contributed by atoms with E-state index in [1.807, 2.05) is 11.0 Å². The molecular formula is C21H22ClFN2O3. The van der Waals surface area contributed by atoms with Crippen molar-refractivity contribution in [3.8, 4) is 11.5 Å². The van der Waals surface area contributed by atoms with E-state index in [1.165, 1.54) is 12.1 Å². The van der Waals surface area contributed by atoms with E-state index in [2.05, 4.69) is 5.32 Å². The molecule has 148 valence electrons. The summed E-state index contributed by atoms with van der Waals surface area (Å²) >= 11 is 6.30. The maximum Gasteiger partial charge on any atom is 0.231 e. The molecule has 0 saturated carbocycles. The number of hydrogen-bond acceptors (Lipinski definition) is 4. The Balaban J connectivity index is 1.29. The first-order valence-electron chi connectivity index (χ1n) is 9.43. The summed E-state index contributed by atoms with van der Waals surface area (Å²) in [6, 6.07) is 10.2. The van der Waals surface area contributed by atoms with Crippen LogP contribution in [0.3, 0.4) is 0 Å². The van der Waals surface area contributed by atoms with Gasteiger partial charge in [0.15, 0.2) is 11.5 Å². The Bertz CT molecular complexity index is 859. The van der Waals surface area contributed by atoms with Crippen molar-refractivity contribution in [3.63, 3.8) is 0 Å². The van der Waals surface area contributed by atoms with Crippen LogP contribution in [0.5, 0.6) is 11.5 Å². The number of benzene rings is 2.